The van der Waals surface area contributed by atoms with Crippen molar-refractivity contribution < 1.29 is 19.1 Å². The number of ether oxygens (including phenoxy) is 2. The number of hydrogen-bond donors (Lipinski definition) is 2. The molecule has 1 aromatic heterocycles. The number of aryl methyl sites for hydroxylation is 1. The summed E-state index contributed by atoms with van der Waals surface area (Å²) in [5.41, 5.74) is 15.0. The summed E-state index contributed by atoms with van der Waals surface area (Å²) >= 11 is 0. The zero-order valence-corrected chi connectivity index (χ0v) is 16.9. The fraction of sp³-hybridized carbons (Fsp3) is 0.304. The SMILES string of the molecule is COc1cc(OCC(N)=O)c2c3c(n(Cc4ccccc4)c2c1)C(C(N)=O)CCC3. The van der Waals surface area contributed by atoms with Crippen molar-refractivity contribution in [3.05, 3.63) is 59.3 Å². The molecule has 3 aromatic rings. The highest BCUT2D eigenvalue weighted by Gasteiger charge is 2.32. The number of aromatic nitrogens is 1. The van der Waals surface area contributed by atoms with Gasteiger partial charge in [-0.2, -0.15) is 0 Å². The van der Waals surface area contributed by atoms with Crippen molar-refractivity contribution in [3.63, 3.8) is 0 Å². The van der Waals surface area contributed by atoms with Crippen LogP contribution in [0.25, 0.3) is 10.9 Å². The summed E-state index contributed by atoms with van der Waals surface area (Å²) in [7, 11) is 1.58. The van der Waals surface area contributed by atoms with E-state index in [1.165, 1.54) is 0 Å². The van der Waals surface area contributed by atoms with Gasteiger partial charge in [-0.3, -0.25) is 9.59 Å². The summed E-state index contributed by atoms with van der Waals surface area (Å²) in [6, 6.07) is 13.7. The minimum Gasteiger partial charge on any atom is -0.497 e. The van der Waals surface area contributed by atoms with Crippen LogP contribution in [-0.4, -0.2) is 30.1 Å². The quantitative estimate of drug-likeness (QED) is 0.627. The van der Waals surface area contributed by atoms with E-state index in [4.69, 9.17) is 20.9 Å². The molecule has 1 unspecified atom stereocenters. The molecular weight excluding hydrogens is 382 g/mol. The molecular formula is C23H25N3O4. The van der Waals surface area contributed by atoms with Gasteiger partial charge in [-0.15, -0.1) is 0 Å². The number of amides is 2. The Morgan fingerprint density at radius 1 is 1.17 bits per heavy atom. The Morgan fingerprint density at radius 2 is 1.93 bits per heavy atom. The van der Waals surface area contributed by atoms with Crippen LogP contribution < -0.4 is 20.9 Å². The summed E-state index contributed by atoms with van der Waals surface area (Å²) in [4.78, 5) is 23.7. The highest BCUT2D eigenvalue weighted by molar-refractivity contribution is 5.95. The molecule has 1 heterocycles. The largest absolute Gasteiger partial charge is 0.497 e. The number of benzene rings is 2. The van der Waals surface area contributed by atoms with Gasteiger partial charge >= 0.3 is 0 Å². The van der Waals surface area contributed by atoms with Crippen molar-refractivity contribution in [1.82, 2.24) is 4.57 Å². The van der Waals surface area contributed by atoms with Crippen LogP contribution in [-0.2, 0) is 22.6 Å². The number of methoxy groups -OCH3 is 1. The van der Waals surface area contributed by atoms with Gasteiger partial charge in [-0.05, 0) is 30.4 Å². The van der Waals surface area contributed by atoms with E-state index in [1.54, 1.807) is 13.2 Å². The lowest BCUT2D eigenvalue weighted by Gasteiger charge is -2.23. The average Bonchev–Trinajstić information content (AvgIpc) is 3.06. The minimum atomic E-state index is -0.557. The van der Waals surface area contributed by atoms with E-state index in [1.807, 2.05) is 36.4 Å². The Kier molecular flexibility index (Phi) is 5.35. The number of rotatable bonds is 7. The van der Waals surface area contributed by atoms with Crippen molar-refractivity contribution in [3.8, 4) is 11.5 Å². The number of hydrogen-bond acceptors (Lipinski definition) is 4. The molecule has 7 nitrogen and oxygen atoms in total. The summed E-state index contributed by atoms with van der Waals surface area (Å²) in [6.07, 6.45) is 2.37. The van der Waals surface area contributed by atoms with Crippen molar-refractivity contribution in [1.29, 1.82) is 0 Å². The molecule has 0 saturated carbocycles. The Balaban J connectivity index is 1.99. The molecule has 0 fully saturated rings. The van der Waals surface area contributed by atoms with Crippen molar-refractivity contribution in [2.45, 2.75) is 31.7 Å². The average molecular weight is 407 g/mol. The zero-order chi connectivity index (χ0) is 21.3. The second kappa shape index (κ2) is 8.10. The first-order valence-electron chi connectivity index (χ1n) is 9.97. The van der Waals surface area contributed by atoms with Crippen LogP contribution in [0.4, 0.5) is 0 Å². The number of carbonyl (C=O) groups excluding carboxylic acids is 2. The zero-order valence-electron chi connectivity index (χ0n) is 16.9. The van der Waals surface area contributed by atoms with Crippen LogP contribution in [0.2, 0.25) is 0 Å². The third kappa shape index (κ3) is 3.58. The van der Waals surface area contributed by atoms with Gasteiger partial charge in [0.25, 0.3) is 5.91 Å². The molecule has 4 N–H and O–H groups in total. The molecule has 0 bridgehead atoms. The fourth-order valence-corrected chi connectivity index (χ4v) is 4.38. The summed E-state index contributed by atoms with van der Waals surface area (Å²) in [5, 5.41) is 0.883. The molecule has 1 atom stereocenters. The van der Waals surface area contributed by atoms with E-state index < -0.39 is 5.91 Å². The Morgan fingerprint density at radius 3 is 2.60 bits per heavy atom. The summed E-state index contributed by atoms with van der Waals surface area (Å²) < 4.78 is 13.4. The monoisotopic (exact) mass is 407 g/mol. The maximum atomic E-state index is 12.3. The number of primary amides is 2. The molecule has 1 aliphatic rings. The van der Waals surface area contributed by atoms with Gasteiger partial charge in [0.15, 0.2) is 6.61 Å². The topological polar surface area (TPSA) is 110 Å². The van der Waals surface area contributed by atoms with Gasteiger partial charge in [-0.1, -0.05) is 30.3 Å². The molecule has 4 rings (SSSR count). The van der Waals surface area contributed by atoms with Crippen LogP contribution >= 0.6 is 0 Å². The van der Waals surface area contributed by atoms with Crippen LogP contribution in [0.3, 0.4) is 0 Å². The van der Waals surface area contributed by atoms with Crippen LogP contribution in [0.5, 0.6) is 11.5 Å². The highest BCUT2D eigenvalue weighted by Crippen LogP contribution is 2.44. The van der Waals surface area contributed by atoms with E-state index in [0.29, 0.717) is 24.5 Å². The third-order valence-electron chi connectivity index (χ3n) is 5.63. The Labute approximate surface area is 174 Å². The van der Waals surface area contributed by atoms with E-state index in [-0.39, 0.29) is 18.4 Å². The number of nitrogens with two attached hydrogens (primary N) is 2. The van der Waals surface area contributed by atoms with Crippen molar-refractivity contribution in [2.75, 3.05) is 13.7 Å². The van der Waals surface area contributed by atoms with Crippen LogP contribution in [0.15, 0.2) is 42.5 Å². The van der Waals surface area contributed by atoms with Crippen LogP contribution in [0, 0.1) is 0 Å². The molecule has 30 heavy (non-hydrogen) atoms. The summed E-state index contributed by atoms with van der Waals surface area (Å²) in [6.45, 7) is 0.346. The molecule has 0 spiro atoms. The molecule has 2 amide bonds. The number of carbonyl (C=O) groups is 2. The maximum absolute atomic E-state index is 12.3. The van der Waals surface area contributed by atoms with E-state index in [0.717, 1.165) is 40.6 Å². The van der Waals surface area contributed by atoms with Gasteiger partial charge < -0.3 is 25.5 Å². The molecule has 156 valence electrons. The standard InChI is InChI=1S/C23H25N3O4/c1-29-15-10-18-21(19(11-15)30-13-20(24)27)16-8-5-9-17(23(25)28)22(16)26(18)12-14-6-3-2-4-7-14/h2-4,6-7,10-11,17H,5,8-9,12-13H2,1H3,(H2,24,27)(H2,25,28). The third-order valence-corrected chi connectivity index (χ3v) is 5.63. The second-order valence-corrected chi connectivity index (χ2v) is 7.56. The van der Waals surface area contributed by atoms with Gasteiger partial charge in [0, 0.05) is 29.8 Å². The number of fused-ring (bicyclic) bond motifs is 3. The Hall–Kier alpha value is -3.48. The molecule has 0 saturated heterocycles. The van der Waals surface area contributed by atoms with Crippen molar-refractivity contribution >= 4 is 22.7 Å². The lowest BCUT2D eigenvalue weighted by Crippen LogP contribution is -2.27. The first kappa shape index (κ1) is 19.8. The molecule has 2 aromatic carbocycles. The smallest absolute Gasteiger partial charge is 0.255 e. The highest BCUT2D eigenvalue weighted by atomic mass is 16.5. The molecule has 0 radical (unpaired) electrons. The first-order valence-corrected chi connectivity index (χ1v) is 9.97. The molecule has 1 aliphatic carbocycles. The lowest BCUT2D eigenvalue weighted by atomic mass is 9.86. The van der Waals surface area contributed by atoms with Gasteiger partial charge in [0.1, 0.15) is 11.5 Å². The fourth-order valence-electron chi connectivity index (χ4n) is 4.38. The minimum absolute atomic E-state index is 0.236. The first-order chi connectivity index (χ1) is 14.5. The van der Waals surface area contributed by atoms with Gasteiger partial charge in [0.05, 0.1) is 18.5 Å². The predicted octanol–water partition coefficient (Wildman–Crippen LogP) is 2.47. The van der Waals surface area contributed by atoms with Crippen LogP contribution in [0.1, 0.15) is 35.6 Å². The molecule has 0 aliphatic heterocycles. The summed E-state index contributed by atoms with van der Waals surface area (Å²) in [5.74, 6) is -0.142. The number of nitrogens with zero attached hydrogens (tertiary/aromatic N) is 1. The normalized spacial score (nSPS) is 15.6. The van der Waals surface area contributed by atoms with E-state index in [9.17, 15) is 9.59 Å². The second-order valence-electron chi connectivity index (χ2n) is 7.56. The lowest BCUT2D eigenvalue weighted by molar-refractivity contribution is -0.120. The van der Waals surface area contributed by atoms with Gasteiger partial charge in [-0.25, -0.2) is 0 Å². The predicted molar refractivity (Wildman–Crippen MR) is 114 cm³/mol. The van der Waals surface area contributed by atoms with E-state index in [2.05, 4.69) is 4.57 Å². The maximum Gasteiger partial charge on any atom is 0.255 e. The van der Waals surface area contributed by atoms with E-state index >= 15 is 0 Å². The molecule has 7 heteroatoms. The van der Waals surface area contributed by atoms with Crippen molar-refractivity contribution in [2.24, 2.45) is 11.5 Å². The Bertz CT molecular complexity index is 1100. The van der Waals surface area contributed by atoms with Gasteiger partial charge in [0.2, 0.25) is 5.91 Å².